The summed E-state index contributed by atoms with van der Waals surface area (Å²) in [5.74, 6) is 5.60. The second-order valence-electron chi connectivity index (χ2n) is 4.19. The molecule has 0 saturated carbocycles. The Labute approximate surface area is 107 Å². The number of carbonyl (C=O) groups excluding carboxylic acids is 1. The fourth-order valence-electron chi connectivity index (χ4n) is 1.69. The second kappa shape index (κ2) is 7.62. The van der Waals surface area contributed by atoms with Crippen molar-refractivity contribution in [2.24, 2.45) is 11.6 Å². The normalized spacial score (nSPS) is 10.6. The van der Waals surface area contributed by atoms with Gasteiger partial charge in [0.25, 0.3) is 0 Å². The molecule has 1 aromatic rings. The molecular weight excluding hydrogens is 230 g/mol. The number of rotatable bonds is 8. The molecule has 0 unspecified atom stereocenters. The lowest BCUT2D eigenvalue weighted by molar-refractivity contribution is -0.119. The first-order valence-corrected chi connectivity index (χ1v) is 6.09. The van der Waals surface area contributed by atoms with Crippen LogP contribution in [-0.4, -0.2) is 28.9 Å². The Morgan fingerprint density at radius 2 is 2.28 bits per heavy atom. The average molecular weight is 251 g/mol. The van der Waals surface area contributed by atoms with Crippen LogP contribution in [0.5, 0.6) is 0 Å². The zero-order valence-corrected chi connectivity index (χ0v) is 10.7. The van der Waals surface area contributed by atoms with E-state index in [1.54, 1.807) is 6.07 Å². The minimum absolute atomic E-state index is 0.252. The molecule has 0 spiro atoms. The van der Waals surface area contributed by atoms with Crippen LogP contribution in [0.15, 0.2) is 18.2 Å². The lowest BCUT2D eigenvalue weighted by Gasteiger charge is -2.20. The van der Waals surface area contributed by atoms with Crippen LogP contribution in [0, 0.1) is 0 Å². The highest BCUT2D eigenvalue weighted by molar-refractivity contribution is 5.75. The molecule has 0 aliphatic carbocycles. The van der Waals surface area contributed by atoms with E-state index < -0.39 is 0 Å². The number of nitrogens with one attached hydrogen (secondary N) is 1. The SMILES string of the molecule is CCCCN(CC(N)=O)Cc1cccc(NN)n1. The number of nitrogens with two attached hydrogens (primary N) is 2. The minimum atomic E-state index is -0.320. The number of hydrogen-bond donors (Lipinski definition) is 3. The van der Waals surface area contributed by atoms with Crippen LogP contribution in [-0.2, 0) is 11.3 Å². The summed E-state index contributed by atoms with van der Waals surface area (Å²) in [6, 6.07) is 5.56. The van der Waals surface area contributed by atoms with Gasteiger partial charge in [0, 0.05) is 6.54 Å². The van der Waals surface area contributed by atoms with E-state index >= 15 is 0 Å². The number of nitrogens with zero attached hydrogens (tertiary/aromatic N) is 2. The molecule has 1 aromatic heterocycles. The molecular formula is C12H21N5O. The number of amides is 1. The highest BCUT2D eigenvalue weighted by Crippen LogP contribution is 2.07. The smallest absolute Gasteiger partial charge is 0.231 e. The van der Waals surface area contributed by atoms with Gasteiger partial charge in [-0.25, -0.2) is 10.8 Å². The summed E-state index contributed by atoms with van der Waals surface area (Å²) in [4.78, 5) is 17.3. The molecule has 0 aliphatic rings. The predicted octanol–water partition coefficient (Wildman–Crippen LogP) is 0.455. The maximum absolute atomic E-state index is 11.0. The summed E-state index contributed by atoms with van der Waals surface area (Å²) >= 11 is 0. The van der Waals surface area contributed by atoms with Crippen LogP contribution in [0.1, 0.15) is 25.5 Å². The third kappa shape index (κ3) is 5.11. The molecule has 0 aromatic carbocycles. The number of unbranched alkanes of at least 4 members (excludes halogenated alkanes) is 1. The molecule has 0 bridgehead atoms. The summed E-state index contributed by atoms with van der Waals surface area (Å²) in [5, 5.41) is 0. The Bertz CT molecular complexity index is 382. The molecule has 0 fully saturated rings. The zero-order chi connectivity index (χ0) is 13.4. The summed E-state index contributed by atoms with van der Waals surface area (Å²) in [6.45, 7) is 3.79. The van der Waals surface area contributed by atoms with E-state index in [1.165, 1.54) is 0 Å². The lowest BCUT2D eigenvalue weighted by atomic mass is 10.2. The molecule has 18 heavy (non-hydrogen) atoms. The van der Waals surface area contributed by atoms with Gasteiger partial charge in [-0.15, -0.1) is 0 Å². The van der Waals surface area contributed by atoms with Gasteiger partial charge in [-0.3, -0.25) is 9.69 Å². The summed E-state index contributed by atoms with van der Waals surface area (Å²) in [7, 11) is 0. The van der Waals surface area contributed by atoms with E-state index in [0.717, 1.165) is 25.1 Å². The summed E-state index contributed by atoms with van der Waals surface area (Å²) in [5.41, 5.74) is 8.61. The van der Waals surface area contributed by atoms with Gasteiger partial charge in [-0.1, -0.05) is 19.4 Å². The van der Waals surface area contributed by atoms with Crippen LogP contribution in [0.25, 0.3) is 0 Å². The van der Waals surface area contributed by atoms with Gasteiger partial charge in [0.05, 0.1) is 12.2 Å². The van der Waals surface area contributed by atoms with E-state index in [1.807, 2.05) is 17.0 Å². The van der Waals surface area contributed by atoms with E-state index in [4.69, 9.17) is 11.6 Å². The number of anilines is 1. The number of primary amides is 1. The molecule has 1 amide bonds. The lowest BCUT2D eigenvalue weighted by Crippen LogP contribution is -2.34. The monoisotopic (exact) mass is 251 g/mol. The number of aromatic nitrogens is 1. The summed E-state index contributed by atoms with van der Waals surface area (Å²) in [6.07, 6.45) is 2.11. The van der Waals surface area contributed by atoms with Crippen molar-refractivity contribution in [3.63, 3.8) is 0 Å². The van der Waals surface area contributed by atoms with Gasteiger partial charge >= 0.3 is 0 Å². The third-order valence-electron chi connectivity index (χ3n) is 2.55. The van der Waals surface area contributed by atoms with Crippen LogP contribution in [0.4, 0.5) is 5.82 Å². The van der Waals surface area contributed by atoms with Crippen molar-refractivity contribution in [1.82, 2.24) is 9.88 Å². The van der Waals surface area contributed by atoms with Crippen molar-refractivity contribution >= 4 is 11.7 Å². The first-order valence-electron chi connectivity index (χ1n) is 6.09. The van der Waals surface area contributed by atoms with E-state index in [9.17, 15) is 4.79 Å². The molecule has 100 valence electrons. The Morgan fingerprint density at radius 1 is 1.50 bits per heavy atom. The second-order valence-corrected chi connectivity index (χ2v) is 4.19. The molecule has 1 heterocycles. The number of hydrogen-bond acceptors (Lipinski definition) is 5. The molecule has 5 N–H and O–H groups in total. The van der Waals surface area contributed by atoms with Gasteiger partial charge in [-0.2, -0.15) is 0 Å². The number of carbonyl (C=O) groups is 1. The standard InChI is InChI=1S/C12H21N5O/c1-2-3-7-17(9-11(13)18)8-10-5-4-6-12(15-10)16-14/h4-6H,2-3,7-9,14H2,1H3,(H2,13,18)(H,15,16). The van der Waals surface area contributed by atoms with Crippen LogP contribution in [0.2, 0.25) is 0 Å². The fourth-order valence-corrected chi connectivity index (χ4v) is 1.69. The Morgan fingerprint density at radius 3 is 2.89 bits per heavy atom. The zero-order valence-electron chi connectivity index (χ0n) is 10.7. The molecule has 1 rings (SSSR count). The highest BCUT2D eigenvalue weighted by atomic mass is 16.1. The predicted molar refractivity (Wildman–Crippen MR) is 71.4 cm³/mol. The molecule has 6 heteroatoms. The van der Waals surface area contributed by atoms with Gasteiger partial charge in [-0.05, 0) is 25.1 Å². The first-order chi connectivity index (χ1) is 8.65. The molecule has 0 aliphatic heterocycles. The summed E-state index contributed by atoms with van der Waals surface area (Å²) < 4.78 is 0. The van der Waals surface area contributed by atoms with Crippen molar-refractivity contribution in [1.29, 1.82) is 0 Å². The van der Waals surface area contributed by atoms with Crippen molar-refractivity contribution in [3.8, 4) is 0 Å². The number of pyridine rings is 1. The minimum Gasteiger partial charge on any atom is -0.369 e. The Balaban J connectivity index is 2.65. The van der Waals surface area contributed by atoms with Gasteiger partial charge < -0.3 is 11.2 Å². The van der Waals surface area contributed by atoms with Crippen molar-refractivity contribution in [2.75, 3.05) is 18.5 Å². The fraction of sp³-hybridized carbons (Fsp3) is 0.500. The van der Waals surface area contributed by atoms with Crippen LogP contribution >= 0.6 is 0 Å². The van der Waals surface area contributed by atoms with Crippen LogP contribution in [0.3, 0.4) is 0 Å². The topological polar surface area (TPSA) is 97.3 Å². The van der Waals surface area contributed by atoms with Crippen molar-refractivity contribution in [3.05, 3.63) is 23.9 Å². The molecule has 0 saturated heterocycles. The highest BCUT2D eigenvalue weighted by Gasteiger charge is 2.09. The number of nitrogen functional groups attached to an aromatic ring is 1. The maximum Gasteiger partial charge on any atom is 0.231 e. The molecule has 0 atom stereocenters. The van der Waals surface area contributed by atoms with Gasteiger partial charge in [0.1, 0.15) is 5.82 Å². The number of hydrazine groups is 1. The average Bonchev–Trinajstić information content (AvgIpc) is 2.35. The van der Waals surface area contributed by atoms with E-state index in [-0.39, 0.29) is 12.5 Å². The van der Waals surface area contributed by atoms with Gasteiger partial charge in [0.2, 0.25) is 5.91 Å². The Hall–Kier alpha value is -1.66. The maximum atomic E-state index is 11.0. The van der Waals surface area contributed by atoms with Gasteiger partial charge in [0.15, 0.2) is 0 Å². The first kappa shape index (κ1) is 14.4. The molecule has 6 nitrogen and oxygen atoms in total. The van der Waals surface area contributed by atoms with E-state index in [0.29, 0.717) is 12.4 Å². The molecule has 0 radical (unpaired) electrons. The largest absolute Gasteiger partial charge is 0.369 e. The van der Waals surface area contributed by atoms with Crippen molar-refractivity contribution in [2.45, 2.75) is 26.3 Å². The van der Waals surface area contributed by atoms with Crippen molar-refractivity contribution < 1.29 is 4.79 Å². The van der Waals surface area contributed by atoms with E-state index in [2.05, 4.69) is 17.3 Å². The quantitative estimate of drug-likeness (QED) is 0.460. The van der Waals surface area contributed by atoms with Crippen LogP contribution < -0.4 is 17.0 Å². The Kier molecular flexibility index (Phi) is 6.10. The third-order valence-corrected chi connectivity index (χ3v) is 2.55.